The molecule has 0 saturated heterocycles. The molecule has 0 radical (unpaired) electrons. The molecule has 2 atom stereocenters. The van der Waals surface area contributed by atoms with Crippen LogP contribution in [0.3, 0.4) is 0 Å². The van der Waals surface area contributed by atoms with Crippen molar-refractivity contribution in [1.82, 2.24) is 5.32 Å². The molecule has 0 spiro atoms. The molecule has 0 saturated carbocycles. The minimum absolute atomic E-state index is 0.00767. The van der Waals surface area contributed by atoms with Crippen LogP contribution in [-0.4, -0.2) is 47.4 Å². The maximum Gasteiger partial charge on any atom is 0.305 e. The number of hydrogen-bond donors (Lipinski definition) is 3. The van der Waals surface area contributed by atoms with Gasteiger partial charge < -0.3 is 20.3 Å². The summed E-state index contributed by atoms with van der Waals surface area (Å²) in [5.41, 5.74) is 0. The van der Waals surface area contributed by atoms with E-state index in [0.29, 0.717) is 19.4 Å². The highest BCUT2D eigenvalue weighted by Crippen LogP contribution is 2.17. The molecule has 0 aliphatic heterocycles. The smallest absolute Gasteiger partial charge is 0.305 e. The third-order valence-corrected chi connectivity index (χ3v) is 13.7. The van der Waals surface area contributed by atoms with E-state index in [1.807, 2.05) is 6.08 Å². The van der Waals surface area contributed by atoms with Crippen molar-refractivity contribution in [3.05, 3.63) is 36.5 Å². The van der Waals surface area contributed by atoms with Gasteiger partial charge in [0.15, 0.2) is 0 Å². The number of unbranched alkanes of at least 4 members (excludes halogenated alkanes) is 40. The Morgan fingerprint density at radius 2 is 0.746 bits per heavy atom. The molecular weight excluding hydrogens is 827 g/mol. The number of nitrogens with one attached hydrogen (secondary N) is 1. The van der Waals surface area contributed by atoms with E-state index in [4.69, 9.17) is 4.74 Å². The van der Waals surface area contributed by atoms with Crippen LogP contribution in [0.2, 0.25) is 0 Å². The second-order valence-corrected chi connectivity index (χ2v) is 20.3. The molecule has 67 heavy (non-hydrogen) atoms. The van der Waals surface area contributed by atoms with Crippen molar-refractivity contribution in [2.24, 2.45) is 0 Å². The number of amides is 1. The van der Waals surface area contributed by atoms with Crippen molar-refractivity contribution in [3.8, 4) is 0 Å². The van der Waals surface area contributed by atoms with Gasteiger partial charge in [-0.05, 0) is 64.2 Å². The van der Waals surface area contributed by atoms with Crippen LogP contribution in [0.5, 0.6) is 0 Å². The molecule has 0 aromatic carbocycles. The van der Waals surface area contributed by atoms with Gasteiger partial charge in [-0.2, -0.15) is 0 Å². The minimum atomic E-state index is -0.851. The zero-order chi connectivity index (χ0) is 48.6. The molecule has 0 heterocycles. The van der Waals surface area contributed by atoms with Gasteiger partial charge in [-0.1, -0.05) is 275 Å². The van der Waals surface area contributed by atoms with Crippen LogP contribution in [-0.2, 0) is 14.3 Å². The molecule has 2 unspecified atom stereocenters. The normalized spacial score (nSPS) is 12.8. The lowest BCUT2D eigenvalue weighted by atomic mass is 10.0. The third-order valence-electron chi connectivity index (χ3n) is 13.7. The molecular formula is C61H115NO5. The minimum Gasteiger partial charge on any atom is -0.466 e. The van der Waals surface area contributed by atoms with Crippen LogP contribution in [0.1, 0.15) is 316 Å². The highest BCUT2D eigenvalue weighted by molar-refractivity contribution is 5.76. The Hall–Kier alpha value is -1.92. The van der Waals surface area contributed by atoms with E-state index < -0.39 is 12.1 Å². The number of aliphatic hydroxyl groups excluding tert-OH is 2. The zero-order valence-electron chi connectivity index (χ0n) is 44.9. The molecule has 0 aromatic rings. The van der Waals surface area contributed by atoms with E-state index >= 15 is 0 Å². The summed E-state index contributed by atoms with van der Waals surface area (Å²) >= 11 is 0. The number of esters is 1. The van der Waals surface area contributed by atoms with Gasteiger partial charge >= 0.3 is 5.97 Å². The maximum atomic E-state index is 12.5. The first kappa shape index (κ1) is 65.1. The summed E-state index contributed by atoms with van der Waals surface area (Å²) in [4.78, 5) is 24.6. The Labute approximate surface area is 417 Å². The van der Waals surface area contributed by atoms with E-state index in [9.17, 15) is 19.8 Å². The Morgan fingerprint density at radius 3 is 1.15 bits per heavy atom. The lowest BCUT2D eigenvalue weighted by molar-refractivity contribution is -0.143. The van der Waals surface area contributed by atoms with Crippen molar-refractivity contribution < 1.29 is 24.5 Å². The van der Waals surface area contributed by atoms with Gasteiger partial charge in [-0.3, -0.25) is 9.59 Å². The van der Waals surface area contributed by atoms with E-state index in [1.54, 1.807) is 6.08 Å². The van der Waals surface area contributed by atoms with E-state index in [2.05, 4.69) is 43.5 Å². The summed E-state index contributed by atoms with van der Waals surface area (Å²) in [5.74, 6) is -0.0830. The monoisotopic (exact) mass is 942 g/mol. The highest BCUT2D eigenvalue weighted by Gasteiger charge is 2.18. The van der Waals surface area contributed by atoms with Gasteiger partial charge in [0.25, 0.3) is 0 Å². The van der Waals surface area contributed by atoms with E-state index in [1.165, 1.54) is 225 Å². The molecule has 0 aromatic heterocycles. The van der Waals surface area contributed by atoms with Gasteiger partial charge in [-0.15, -0.1) is 0 Å². The van der Waals surface area contributed by atoms with E-state index in [-0.39, 0.29) is 18.5 Å². The summed E-state index contributed by atoms with van der Waals surface area (Å²) in [6.07, 6.45) is 70.2. The molecule has 0 fully saturated rings. The first-order chi connectivity index (χ1) is 33.0. The molecule has 3 N–H and O–H groups in total. The van der Waals surface area contributed by atoms with Gasteiger partial charge in [0.05, 0.1) is 25.4 Å². The first-order valence-electron chi connectivity index (χ1n) is 29.8. The van der Waals surface area contributed by atoms with Crippen LogP contribution < -0.4 is 5.32 Å². The molecule has 1 amide bonds. The van der Waals surface area contributed by atoms with Crippen molar-refractivity contribution in [2.75, 3.05) is 13.2 Å². The Balaban J connectivity index is 3.46. The number of carbonyl (C=O) groups excluding carboxylic acids is 2. The predicted octanol–water partition coefficient (Wildman–Crippen LogP) is 18.4. The van der Waals surface area contributed by atoms with Crippen LogP contribution in [0.4, 0.5) is 0 Å². The number of allylic oxidation sites excluding steroid dienone is 5. The molecule has 6 nitrogen and oxygen atoms in total. The van der Waals surface area contributed by atoms with Crippen molar-refractivity contribution in [3.63, 3.8) is 0 Å². The Kier molecular flexibility index (Phi) is 55.0. The maximum absolute atomic E-state index is 12.5. The van der Waals surface area contributed by atoms with Crippen LogP contribution in [0, 0.1) is 0 Å². The molecule has 6 heteroatoms. The third kappa shape index (κ3) is 53.3. The summed E-state index contributed by atoms with van der Waals surface area (Å²) in [6, 6.07) is -0.635. The van der Waals surface area contributed by atoms with E-state index in [0.717, 1.165) is 64.2 Å². The lowest BCUT2D eigenvalue weighted by Gasteiger charge is -2.20. The van der Waals surface area contributed by atoms with Crippen molar-refractivity contribution >= 4 is 11.9 Å². The fourth-order valence-electron chi connectivity index (χ4n) is 9.08. The molecule has 0 aliphatic rings. The van der Waals surface area contributed by atoms with Crippen LogP contribution >= 0.6 is 0 Å². The molecule has 0 bridgehead atoms. The number of hydrogen-bond acceptors (Lipinski definition) is 5. The van der Waals surface area contributed by atoms with Crippen LogP contribution in [0.25, 0.3) is 0 Å². The number of aliphatic hydroxyl groups is 2. The second-order valence-electron chi connectivity index (χ2n) is 20.3. The molecule has 0 aliphatic carbocycles. The summed E-state index contributed by atoms with van der Waals surface area (Å²) < 4.78 is 5.48. The zero-order valence-corrected chi connectivity index (χ0v) is 44.9. The SMILES string of the molecule is CCCCCC/C=C\C/C=C\CCCCCCCCCC(=O)OCCCCCCCCCCCCCCCCCC(=O)NC(CO)C(O)/C=C/CCCCCCCCCCCCCCCCC. The molecule has 0 rings (SSSR count). The van der Waals surface area contributed by atoms with Crippen molar-refractivity contribution in [1.29, 1.82) is 0 Å². The average molecular weight is 943 g/mol. The predicted molar refractivity (Wildman–Crippen MR) is 292 cm³/mol. The average Bonchev–Trinajstić information content (AvgIpc) is 3.33. The summed E-state index contributed by atoms with van der Waals surface area (Å²) in [6.45, 7) is 4.88. The Morgan fingerprint density at radius 1 is 0.418 bits per heavy atom. The second kappa shape index (κ2) is 56.7. The molecule has 394 valence electrons. The lowest BCUT2D eigenvalue weighted by Crippen LogP contribution is -2.45. The van der Waals surface area contributed by atoms with Gasteiger partial charge in [0, 0.05) is 12.8 Å². The topological polar surface area (TPSA) is 95.9 Å². The largest absolute Gasteiger partial charge is 0.466 e. The Bertz CT molecular complexity index is 1090. The van der Waals surface area contributed by atoms with Gasteiger partial charge in [-0.25, -0.2) is 0 Å². The fraction of sp³-hybridized carbons (Fsp3) is 0.869. The van der Waals surface area contributed by atoms with Crippen LogP contribution in [0.15, 0.2) is 36.5 Å². The number of rotatable bonds is 55. The standard InChI is InChI=1S/C61H115NO5/c1-3-5-7-9-11-13-15-17-19-21-23-27-31-35-39-43-47-51-55-61(66)67-56-52-48-44-40-36-32-28-24-26-30-34-38-42-46-50-54-60(65)62-58(57-63)59(64)53-49-45-41-37-33-29-25-22-20-18-16-14-12-10-8-6-4-2/h13,15,19,21,49,53,58-59,63-64H,3-12,14,16-18,20,22-48,50-52,54-57H2,1-2H3,(H,62,65)/b15-13-,21-19-,53-49+. The highest BCUT2D eigenvalue weighted by atomic mass is 16.5. The van der Waals surface area contributed by atoms with Crippen molar-refractivity contribution in [2.45, 2.75) is 328 Å². The quantitative estimate of drug-likeness (QED) is 0.0321. The summed E-state index contributed by atoms with van der Waals surface area (Å²) in [7, 11) is 0. The van der Waals surface area contributed by atoms with Gasteiger partial charge in [0.2, 0.25) is 5.91 Å². The number of carbonyl (C=O) groups is 2. The number of ether oxygens (including phenoxy) is 1. The fourth-order valence-corrected chi connectivity index (χ4v) is 9.08. The van der Waals surface area contributed by atoms with Gasteiger partial charge in [0.1, 0.15) is 0 Å². The summed E-state index contributed by atoms with van der Waals surface area (Å²) in [5, 5.41) is 23.1. The first-order valence-corrected chi connectivity index (χ1v) is 29.8.